The van der Waals surface area contributed by atoms with Gasteiger partial charge in [0.2, 0.25) is 0 Å². The van der Waals surface area contributed by atoms with Gasteiger partial charge in [0.25, 0.3) is 5.79 Å². The predicted octanol–water partition coefficient (Wildman–Crippen LogP) is 4.84. The summed E-state index contributed by atoms with van der Waals surface area (Å²) < 4.78 is 91.9. The van der Waals surface area contributed by atoms with Crippen LogP contribution in [0.2, 0.25) is 0 Å². The van der Waals surface area contributed by atoms with Crippen molar-refractivity contribution in [1.82, 2.24) is 5.34 Å². The molecule has 0 amide bonds. The molecule has 0 aliphatic heterocycles. The number of nitrogens with zero attached hydrogens (tertiary/aromatic N) is 1. The molecule has 1 aliphatic carbocycles. The molecule has 0 spiro atoms. The molecule has 2 unspecified atom stereocenters. The van der Waals surface area contributed by atoms with Crippen LogP contribution < -0.4 is 0 Å². The van der Waals surface area contributed by atoms with Crippen molar-refractivity contribution in [3.8, 4) is 0 Å². The second kappa shape index (κ2) is 4.56. The molecule has 1 rings (SSSR count). The van der Waals surface area contributed by atoms with Gasteiger partial charge in [-0.15, -0.1) is 0 Å². The number of allylic oxidation sites excluding steroid dienone is 2. The van der Waals surface area contributed by atoms with E-state index in [1.807, 2.05) is 0 Å². The highest BCUT2D eigenvalue weighted by molar-refractivity contribution is 5.40. The van der Waals surface area contributed by atoms with E-state index in [-0.39, 0.29) is 6.42 Å². The molecule has 104 valence electrons. The summed E-state index contributed by atoms with van der Waals surface area (Å²) in [5, 5.41) is -2.27. The molecule has 0 N–H and O–H groups in total. The highest BCUT2D eigenvalue weighted by atomic mass is 19.4. The van der Waals surface area contributed by atoms with Crippen molar-refractivity contribution in [2.75, 3.05) is 0 Å². The van der Waals surface area contributed by atoms with Crippen LogP contribution >= 0.6 is 0 Å². The van der Waals surface area contributed by atoms with Crippen LogP contribution in [-0.2, 0) is 0 Å². The third-order valence-corrected chi connectivity index (χ3v) is 3.07. The number of alkyl halides is 1. The summed E-state index contributed by atoms with van der Waals surface area (Å²) >= 11 is 0. The fraction of sp³-hybridized carbons (Fsp3) is 0.600. The molecule has 0 aromatic carbocycles. The van der Waals surface area contributed by atoms with Crippen molar-refractivity contribution in [3.63, 3.8) is 0 Å². The molecule has 0 saturated carbocycles. The first kappa shape index (κ1) is 15.0. The van der Waals surface area contributed by atoms with Crippen molar-refractivity contribution < 1.29 is 30.9 Å². The molecule has 0 bridgehead atoms. The zero-order valence-electron chi connectivity index (χ0n) is 9.51. The molecule has 18 heavy (non-hydrogen) atoms. The summed E-state index contributed by atoms with van der Waals surface area (Å²) in [5.74, 6) is -14.0. The van der Waals surface area contributed by atoms with Crippen LogP contribution in [0.4, 0.5) is 30.9 Å². The van der Waals surface area contributed by atoms with Gasteiger partial charge < -0.3 is 0 Å². The fourth-order valence-corrected chi connectivity index (χ4v) is 2.00. The maximum atomic E-state index is 14.1. The van der Waals surface area contributed by atoms with E-state index in [2.05, 4.69) is 0 Å². The minimum absolute atomic E-state index is 0.0361. The zero-order valence-corrected chi connectivity index (χ0v) is 9.51. The lowest BCUT2D eigenvalue weighted by molar-refractivity contribution is -0.305. The Kier molecular flexibility index (Phi) is 3.81. The third-order valence-electron chi connectivity index (χ3n) is 3.07. The van der Waals surface area contributed by atoms with E-state index in [0.29, 0.717) is 6.92 Å². The largest absolute Gasteiger partial charge is 0.287 e. The van der Waals surface area contributed by atoms with Crippen LogP contribution in [0.15, 0.2) is 23.3 Å². The smallest absolute Gasteiger partial charge is 0.211 e. The molecule has 8 heteroatoms. The minimum atomic E-state index is -4.37. The van der Waals surface area contributed by atoms with Gasteiger partial charge >= 0.3 is 0 Å². The van der Waals surface area contributed by atoms with Crippen LogP contribution in [0.3, 0.4) is 0 Å². The first-order chi connectivity index (χ1) is 8.14. The number of halogens is 7. The van der Waals surface area contributed by atoms with Crippen molar-refractivity contribution in [2.24, 2.45) is 5.41 Å². The van der Waals surface area contributed by atoms with Gasteiger partial charge in [-0.2, -0.15) is 0 Å². The summed E-state index contributed by atoms with van der Waals surface area (Å²) in [6.07, 6.45) is -0.667. The molecule has 1 aliphatic rings. The van der Waals surface area contributed by atoms with Gasteiger partial charge in [0.1, 0.15) is 5.83 Å². The predicted molar refractivity (Wildman–Crippen MR) is 49.4 cm³/mol. The summed E-state index contributed by atoms with van der Waals surface area (Å²) in [6, 6.07) is 0. The highest BCUT2D eigenvalue weighted by Gasteiger charge is 2.66. The number of hydrogen-bond donors (Lipinski definition) is 0. The van der Waals surface area contributed by atoms with Gasteiger partial charge in [0.15, 0.2) is 17.5 Å². The standard InChI is InChI=1S/C10H10F7N/c1-3-4-9(2)7(13)5(11)6(12)8(14)10(9,15)18(16)17/h3-4H2,1-2H3. The summed E-state index contributed by atoms with van der Waals surface area (Å²) in [5.41, 5.74) is -2.84. The molecule has 1 nitrogen and oxygen atoms in total. The van der Waals surface area contributed by atoms with Crippen LogP contribution in [-0.4, -0.2) is 11.1 Å². The molecule has 0 saturated heterocycles. The average Bonchev–Trinajstić information content (AvgIpc) is 2.32. The Labute approximate surface area is 98.4 Å². The van der Waals surface area contributed by atoms with Gasteiger partial charge in [-0.25, -0.2) is 22.0 Å². The van der Waals surface area contributed by atoms with Crippen LogP contribution in [0.5, 0.6) is 0 Å². The molecular weight excluding hydrogens is 267 g/mol. The van der Waals surface area contributed by atoms with E-state index in [0.717, 1.165) is 0 Å². The zero-order chi connectivity index (χ0) is 14.3. The molecule has 0 aromatic heterocycles. The first-order valence-electron chi connectivity index (χ1n) is 5.07. The van der Waals surface area contributed by atoms with E-state index in [4.69, 9.17) is 0 Å². The van der Waals surface area contributed by atoms with Crippen molar-refractivity contribution in [2.45, 2.75) is 32.5 Å². The molecule has 0 heterocycles. The fourth-order valence-electron chi connectivity index (χ4n) is 2.00. The quantitative estimate of drug-likeness (QED) is 0.405. The Hall–Kier alpha value is -1.05. The third kappa shape index (κ3) is 1.65. The van der Waals surface area contributed by atoms with Gasteiger partial charge in [0.05, 0.1) is 10.8 Å². The molecule has 2 atom stereocenters. The van der Waals surface area contributed by atoms with Crippen molar-refractivity contribution >= 4 is 0 Å². The van der Waals surface area contributed by atoms with E-state index in [1.54, 1.807) is 0 Å². The van der Waals surface area contributed by atoms with Crippen LogP contribution in [0.1, 0.15) is 26.7 Å². The second-order valence-electron chi connectivity index (χ2n) is 4.19. The Morgan fingerprint density at radius 2 is 1.44 bits per heavy atom. The maximum absolute atomic E-state index is 14.1. The van der Waals surface area contributed by atoms with Gasteiger partial charge in [-0.3, -0.25) is 0 Å². The molecule has 0 fully saturated rings. The lowest BCUT2D eigenvalue weighted by Gasteiger charge is -2.42. The topological polar surface area (TPSA) is 3.24 Å². The summed E-state index contributed by atoms with van der Waals surface area (Å²) in [7, 11) is 0. The minimum Gasteiger partial charge on any atom is -0.211 e. The average molecular weight is 277 g/mol. The maximum Gasteiger partial charge on any atom is 0.287 e. The Morgan fingerprint density at radius 3 is 1.83 bits per heavy atom. The Bertz CT molecular complexity index is 416. The monoisotopic (exact) mass is 277 g/mol. The Balaban J connectivity index is 3.57. The van der Waals surface area contributed by atoms with E-state index < -0.39 is 46.3 Å². The normalized spacial score (nSPS) is 33.7. The van der Waals surface area contributed by atoms with Crippen molar-refractivity contribution in [1.29, 1.82) is 0 Å². The van der Waals surface area contributed by atoms with E-state index >= 15 is 0 Å². The van der Waals surface area contributed by atoms with Gasteiger partial charge in [0, 0.05) is 0 Å². The molecular formula is C10H10F7N. The summed E-state index contributed by atoms with van der Waals surface area (Å²) in [6.45, 7) is 1.95. The van der Waals surface area contributed by atoms with Gasteiger partial charge in [-0.05, 0) is 13.3 Å². The SMILES string of the molecule is CCCC1(C)C(F)=C(F)C(F)=C(F)C1(F)N(F)F. The number of hydrogen-bond acceptors (Lipinski definition) is 1. The van der Waals surface area contributed by atoms with Crippen LogP contribution in [0, 0.1) is 5.41 Å². The van der Waals surface area contributed by atoms with E-state index in [1.165, 1.54) is 6.92 Å². The highest BCUT2D eigenvalue weighted by Crippen LogP contribution is 2.57. The lowest BCUT2D eigenvalue weighted by atomic mass is 9.72. The lowest BCUT2D eigenvalue weighted by Crippen LogP contribution is -2.53. The number of rotatable bonds is 3. The Morgan fingerprint density at radius 1 is 1.00 bits per heavy atom. The summed E-state index contributed by atoms with van der Waals surface area (Å²) in [4.78, 5) is 0. The second-order valence-corrected chi connectivity index (χ2v) is 4.19. The van der Waals surface area contributed by atoms with Gasteiger partial charge in [-0.1, -0.05) is 22.3 Å². The molecule has 0 radical (unpaired) electrons. The molecule has 0 aromatic rings. The van der Waals surface area contributed by atoms with E-state index in [9.17, 15) is 30.9 Å². The first-order valence-corrected chi connectivity index (χ1v) is 5.07. The van der Waals surface area contributed by atoms with Crippen molar-refractivity contribution in [3.05, 3.63) is 23.3 Å². The van der Waals surface area contributed by atoms with Crippen LogP contribution in [0.25, 0.3) is 0 Å².